The number of carbonyl (C=O) groups excluding carboxylic acids is 1. The third-order valence-corrected chi connectivity index (χ3v) is 6.26. The van der Waals surface area contributed by atoms with E-state index < -0.39 is 10.8 Å². The van der Waals surface area contributed by atoms with Crippen LogP contribution in [-0.2, 0) is 10.8 Å². The van der Waals surface area contributed by atoms with E-state index in [1.165, 1.54) is 11.3 Å². The molecule has 1 aromatic heterocycles. The molecular weight excluding hydrogens is 322 g/mol. The Hall–Kier alpha value is -0.200. The zero-order valence-electron chi connectivity index (χ0n) is 10.1. The van der Waals surface area contributed by atoms with Gasteiger partial charge in [-0.2, -0.15) is 0 Å². The van der Waals surface area contributed by atoms with Gasteiger partial charge in [-0.3, -0.25) is 9.00 Å². The van der Waals surface area contributed by atoms with E-state index in [2.05, 4.69) is 21.2 Å². The number of hydrogen-bond acceptors (Lipinski definition) is 3. The Morgan fingerprint density at radius 2 is 2.29 bits per heavy atom. The maximum absolute atomic E-state index is 11.8. The molecule has 17 heavy (non-hydrogen) atoms. The quantitative estimate of drug-likeness (QED) is 0.897. The van der Waals surface area contributed by atoms with Gasteiger partial charge in [0.25, 0.3) is 5.91 Å². The number of halogens is 1. The lowest BCUT2D eigenvalue weighted by Gasteiger charge is -2.08. The normalized spacial score (nSPS) is 14.4. The highest BCUT2D eigenvalue weighted by Gasteiger charge is 2.14. The van der Waals surface area contributed by atoms with Crippen molar-refractivity contribution in [2.45, 2.75) is 25.5 Å². The molecule has 1 aromatic rings. The summed E-state index contributed by atoms with van der Waals surface area (Å²) in [5, 5.41) is 4.91. The first-order valence-electron chi connectivity index (χ1n) is 5.27. The maximum atomic E-state index is 11.8. The lowest BCUT2D eigenvalue weighted by molar-refractivity contribution is 0.0956. The summed E-state index contributed by atoms with van der Waals surface area (Å²) in [4.78, 5) is 12.5. The van der Waals surface area contributed by atoms with Gasteiger partial charge in [0.2, 0.25) is 0 Å². The molecule has 1 N–H and O–H groups in total. The van der Waals surface area contributed by atoms with Crippen molar-refractivity contribution < 1.29 is 9.00 Å². The number of rotatable bonds is 5. The summed E-state index contributed by atoms with van der Waals surface area (Å²) in [5.41, 5.74) is 1.07. The molecule has 2 atom stereocenters. The predicted molar refractivity (Wildman–Crippen MR) is 77.2 cm³/mol. The number of hydrogen-bond donors (Lipinski definition) is 1. The summed E-state index contributed by atoms with van der Waals surface area (Å²) in [6.07, 6.45) is 2.42. The van der Waals surface area contributed by atoms with E-state index in [-0.39, 0.29) is 11.2 Å². The van der Waals surface area contributed by atoms with Crippen LogP contribution in [-0.4, -0.2) is 28.2 Å². The molecule has 1 heterocycles. The summed E-state index contributed by atoms with van der Waals surface area (Å²) in [7, 11) is -0.828. The van der Waals surface area contributed by atoms with Crippen molar-refractivity contribution in [1.29, 1.82) is 0 Å². The van der Waals surface area contributed by atoms with Gasteiger partial charge in [0.1, 0.15) is 4.88 Å². The van der Waals surface area contributed by atoms with Gasteiger partial charge in [0.15, 0.2) is 0 Å². The first kappa shape index (κ1) is 14.9. The van der Waals surface area contributed by atoms with E-state index in [4.69, 9.17) is 0 Å². The number of amides is 1. The van der Waals surface area contributed by atoms with Gasteiger partial charge >= 0.3 is 0 Å². The third kappa shape index (κ3) is 4.19. The molecule has 0 aromatic carbocycles. The smallest absolute Gasteiger partial charge is 0.262 e. The van der Waals surface area contributed by atoms with Crippen LogP contribution in [0.1, 0.15) is 28.6 Å². The Bertz CT molecular complexity index is 431. The second kappa shape index (κ2) is 6.66. The first-order chi connectivity index (χ1) is 7.93. The average Bonchev–Trinajstić information content (AvgIpc) is 2.59. The fraction of sp³-hybridized carbons (Fsp3) is 0.545. The minimum atomic E-state index is -0.828. The fourth-order valence-corrected chi connectivity index (χ4v) is 3.25. The van der Waals surface area contributed by atoms with Crippen molar-refractivity contribution in [3.8, 4) is 0 Å². The van der Waals surface area contributed by atoms with Gasteiger partial charge < -0.3 is 5.32 Å². The standard InChI is InChI=1S/C11H16BrNO2S2/c1-7-6-16-10(9(7)12)11(14)13-5-4-8(2)17(3)15/h6,8H,4-5H2,1-3H3,(H,13,14)/t8-,17+/m0/s1. The van der Waals surface area contributed by atoms with Gasteiger partial charge in [0, 0.05) is 33.3 Å². The number of carbonyl (C=O) groups is 1. The monoisotopic (exact) mass is 337 g/mol. The van der Waals surface area contributed by atoms with Crippen LogP contribution < -0.4 is 5.32 Å². The highest BCUT2D eigenvalue weighted by molar-refractivity contribution is 9.10. The molecule has 0 spiro atoms. The zero-order valence-corrected chi connectivity index (χ0v) is 13.3. The van der Waals surface area contributed by atoms with Gasteiger partial charge in [-0.25, -0.2) is 0 Å². The molecule has 6 heteroatoms. The Kier molecular flexibility index (Phi) is 5.82. The molecule has 0 radical (unpaired) electrons. The molecule has 1 amide bonds. The van der Waals surface area contributed by atoms with Crippen LogP contribution >= 0.6 is 27.3 Å². The van der Waals surface area contributed by atoms with Crippen LogP contribution in [0.5, 0.6) is 0 Å². The van der Waals surface area contributed by atoms with Crippen molar-refractivity contribution in [1.82, 2.24) is 5.32 Å². The molecule has 0 saturated carbocycles. The van der Waals surface area contributed by atoms with E-state index in [9.17, 15) is 9.00 Å². The van der Waals surface area contributed by atoms with Crippen molar-refractivity contribution in [2.75, 3.05) is 12.8 Å². The lowest BCUT2D eigenvalue weighted by Crippen LogP contribution is -2.27. The molecule has 0 aliphatic heterocycles. The Balaban J connectivity index is 2.46. The molecule has 96 valence electrons. The Morgan fingerprint density at radius 3 is 2.76 bits per heavy atom. The van der Waals surface area contributed by atoms with Gasteiger partial charge in [0.05, 0.1) is 0 Å². The largest absolute Gasteiger partial charge is 0.351 e. The highest BCUT2D eigenvalue weighted by Crippen LogP contribution is 2.27. The van der Waals surface area contributed by atoms with Crippen LogP contribution in [0.15, 0.2) is 9.85 Å². The second-order valence-corrected chi connectivity index (χ2v) is 7.39. The van der Waals surface area contributed by atoms with Gasteiger partial charge in [-0.15, -0.1) is 11.3 Å². The van der Waals surface area contributed by atoms with E-state index in [1.807, 2.05) is 19.2 Å². The van der Waals surface area contributed by atoms with Gasteiger partial charge in [-0.05, 0) is 40.2 Å². The molecule has 3 nitrogen and oxygen atoms in total. The summed E-state index contributed by atoms with van der Waals surface area (Å²) in [6, 6.07) is 0. The first-order valence-corrected chi connectivity index (χ1v) is 8.57. The molecule has 0 aliphatic rings. The topological polar surface area (TPSA) is 46.2 Å². The van der Waals surface area contributed by atoms with Crippen molar-refractivity contribution in [3.05, 3.63) is 20.3 Å². The van der Waals surface area contributed by atoms with Crippen molar-refractivity contribution in [3.63, 3.8) is 0 Å². The van der Waals surface area contributed by atoms with Crippen LogP contribution in [0.3, 0.4) is 0 Å². The van der Waals surface area contributed by atoms with E-state index >= 15 is 0 Å². The minimum absolute atomic E-state index is 0.0657. The van der Waals surface area contributed by atoms with Crippen LogP contribution in [0.4, 0.5) is 0 Å². The van der Waals surface area contributed by atoms with Crippen LogP contribution in [0, 0.1) is 6.92 Å². The summed E-state index contributed by atoms with van der Waals surface area (Å²) in [5.74, 6) is -0.0657. The second-order valence-electron chi connectivity index (χ2n) is 3.92. The molecule has 0 saturated heterocycles. The van der Waals surface area contributed by atoms with Crippen LogP contribution in [0.25, 0.3) is 0 Å². The number of nitrogens with one attached hydrogen (secondary N) is 1. The molecule has 0 bridgehead atoms. The third-order valence-electron chi connectivity index (χ3n) is 2.51. The summed E-state index contributed by atoms with van der Waals surface area (Å²) in [6.45, 7) is 4.44. The SMILES string of the molecule is Cc1csc(C(=O)NCC[C@H](C)[S@@](C)=O)c1Br. The fourth-order valence-electron chi connectivity index (χ4n) is 1.22. The highest BCUT2D eigenvalue weighted by atomic mass is 79.9. The lowest BCUT2D eigenvalue weighted by atomic mass is 10.3. The van der Waals surface area contributed by atoms with Crippen LogP contribution in [0.2, 0.25) is 0 Å². The molecular formula is C11H16BrNO2S2. The molecule has 0 fully saturated rings. The Morgan fingerprint density at radius 1 is 1.65 bits per heavy atom. The van der Waals surface area contributed by atoms with Crippen molar-refractivity contribution in [2.24, 2.45) is 0 Å². The number of aryl methyl sites for hydroxylation is 1. The summed E-state index contributed by atoms with van der Waals surface area (Å²) >= 11 is 4.83. The molecule has 0 unspecified atom stereocenters. The van der Waals surface area contributed by atoms with E-state index in [1.54, 1.807) is 6.26 Å². The minimum Gasteiger partial charge on any atom is -0.351 e. The number of thiophene rings is 1. The molecule has 1 rings (SSSR count). The Labute approximate surface area is 117 Å². The predicted octanol–water partition coefficient (Wildman–Crippen LogP) is 2.71. The van der Waals surface area contributed by atoms with Crippen molar-refractivity contribution >= 4 is 44.0 Å². The van der Waals surface area contributed by atoms with Gasteiger partial charge in [-0.1, -0.05) is 6.92 Å². The average molecular weight is 338 g/mol. The zero-order chi connectivity index (χ0) is 13.0. The molecule has 0 aliphatic carbocycles. The summed E-state index contributed by atoms with van der Waals surface area (Å²) < 4.78 is 12.0. The maximum Gasteiger partial charge on any atom is 0.262 e. The van der Waals surface area contributed by atoms with E-state index in [0.717, 1.165) is 16.5 Å². The van der Waals surface area contributed by atoms with E-state index in [0.29, 0.717) is 11.4 Å².